The summed E-state index contributed by atoms with van der Waals surface area (Å²) in [6.45, 7) is 1.76. The van der Waals surface area contributed by atoms with Gasteiger partial charge in [0.05, 0.1) is 10.4 Å². The number of nitro groups is 1. The highest BCUT2D eigenvalue weighted by atomic mass is 32.1. The lowest BCUT2D eigenvalue weighted by Gasteiger charge is -2.00. The van der Waals surface area contributed by atoms with Crippen LogP contribution in [-0.2, 0) is 0 Å². The van der Waals surface area contributed by atoms with Gasteiger partial charge in [0.15, 0.2) is 0 Å². The second-order valence-electron chi connectivity index (χ2n) is 3.08. The van der Waals surface area contributed by atoms with Gasteiger partial charge in [-0.25, -0.2) is 4.98 Å². The van der Waals surface area contributed by atoms with Crippen molar-refractivity contribution in [2.24, 2.45) is 0 Å². The van der Waals surface area contributed by atoms with Crippen LogP contribution in [-0.4, -0.2) is 14.9 Å². The minimum absolute atomic E-state index is 0.0127. The maximum Gasteiger partial charge on any atom is 0.281 e. The van der Waals surface area contributed by atoms with E-state index < -0.39 is 4.92 Å². The SMILES string of the molecule is Cc1nc(=S)c2c([N+](=O)[O-])cccc2[nH]1. The number of aryl methyl sites for hydroxylation is 1. The number of fused-ring (bicyclic) bond motifs is 1. The zero-order valence-electron chi connectivity index (χ0n) is 7.85. The minimum Gasteiger partial charge on any atom is -0.343 e. The van der Waals surface area contributed by atoms with E-state index in [4.69, 9.17) is 12.2 Å². The van der Waals surface area contributed by atoms with Gasteiger partial charge in [-0.15, -0.1) is 0 Å². The molecule has 0 spiro atoms. The van der Waals surface area contributed by atoms with E-state index in [1.54, 1.807) is 19.1 Å². The first kappa shape index (κ1) is 9.72. The Morgan fingerprint density at radius 2 is 2.27 bits per heavy atom. The van der Waals surface area contributed by atoms with E-state index in [0.717, 1.165) is 0 Å². The van der Waals surface area contributed by atoms with Crippen molar-refractivity contribution >= 4 is 28.8 Å². The fourth-order valence-electron chi connectivity index (χ4n) is 1.45. The summed E-state index contributed by atoms with van der Waals surface area (Å²) >= 11 is 5.01. The molecular weight excluding hydrogens is 214 g/mol. The van der Waals surface area contributed by atoms with Gasteiger partial charge in [0.2, 0.25) is 0 Å². The molecule has 0 atom stereocenters. The lowest BCUT2D eigenvalue weighted by molar-refractivity contribution is -0.383. The predicted molar refractivity (Wildman–Crippen MR) is 58.3 cm³/mol. The summed E-state index contributed by atoms with van der Waals surface area (Å²) in [6, 6.07) is 4.78. The Kier molecular flexibility index (Phi) is 2.20. The number of nitrogens with zero attached hydrogens (tertiary/aromatic N) is 2. The predicted octanol–water partition coefficient (Wildman–Crippen LogP) is 2.51. The number of benzene rings is 1. The molecule has 0 amide bonds. The molecule has 76 valence electrons. The van der Waals surface area contributed by atoms with Crippen LogP contribution in [0.4, 0.5) is 5.69 Å². The molecule has 2 rings (SSSR count). The molecule has 2 aromatic rings. The molecule has 1 aromatic carbocycles. The van der Waals surface area contributed by atoms with Crippen LogP contribution in [0.5, 0.6) is 0 Å². The Balaban J connectivity index is 2.98. The number of rotatable bonds is 1. The van der Waals surface area contributed by atoms with Gasteiger partial charge in [-0.05, 0) is 13.0 Å². The first-order valence-electron chi connectivity index (χ1n) is 4.23. The fourth-order valence-corrected chi connectivity index (χ4v) is 1.80. The average molecular weight is 221 g/mol. The molecule has 0 unspecified atom stereocenters. The molecule has 0 saturated carbocycles. The Morgan fingerprint density at radius 1 is 1.53 bits per heavy atom. The molecule has 1 aromatic heterocycles. The Labute approximate surface area is 89.9 Å². The number of aromatic amines is 1. The maximum atomic E-state index is 10.8. The van der Waals surface area contributed by atoms with E-state index in [9.17, 15) is 10.1 Å². The van der Waals surface area contributed by atoms with Crippen LogP contribution in [0.15, 0.2) is 18.2 Å². The van der Waals surface area contributed by atoms with Crippen LogP contribution in [0, 0.1) is 21.7 Å². The van der Waals surface area contributed by atoms with E-state index in [1.807, 2.05) is 0 Å². The highest BCUT2D eigenvalue weighted by molar-refractivity contribution is 7.71. The van der Waals surface area contributed by atoms with Gasteiger partial charge < -0.3 is 4.98 Å². The van der Waals surface area contributed by atoms with Crippen molar-refractivity contribution in [1.29, 1.82) is 0 Å². The second-order valence-corrected chi connectivity index (χ2v) is 3.47. The second kappa shape index (κ2) is 3.39. The Morgan fingerprint density at radius 3 is 2.93 bits per heavy atom. The molecule has 0 aliphatic heterocycles. The monoisotopic (exact) mass is 221 g/mol. The number of non-ortho nitro benzene ring substituents is 1. The van der Waals surface area contributed by atoms with E-state index in [0.29, 0.717) is 16.7 Å². The van der Waals surface area contributed by atoms with Crippen LogP contribution in [0.2, 0.25) is 0 Å². The Hall–Kier alpha value is -1.82. The highest BCUT2D eigenvalue weighted by Gasteiger charge is 2.13. The third-order valence-corrected chi connectivity index (χ3v) is 2.33. The first-order valence-corrected chi connectivity index (χ1v) is 4.64. The summed E-state index contributed by atoms with van der Waals surface area (Å²) in [5, 5.41) is 11.2. The molecule has 0 bridgehead atoms. The maximum absolute atomic E-state index is 10.8. The van der Waals surface area contributed by atoms with Gasteiger partial charge in [0.25, 0.3) is 5.69 Å². The minimum atomic E-state index is -0.455. The van der Waals surface area contributed by atoms with Gasteiger partial charge in [-0.2, -0.15) is 0 Å². The lowest BCUT2D eigenvalue weighted by atomic mass is 10.2. The quantitative estimate of drug-likeness (QED) is 0.456. The third kappa shape index (κ3) is 1.59. The number of nitrogens with one attached hydrogen (secondary N) is 1. The number of hydrogen-bond acceptors (Lipinski definition) is 4. The van der Waals surface area contributed by atoms with Crippen molar-refractivity contribution in [2.45, 2.75) is 6.92 Å². The van der Waals surface area contributed by atoms with Crippen molar-refractivity contribution in [3.05, 3.63) is 38.8 Å². The summed E-state index contributed by atoms with van der Waals surface area (Å²) in [5.74, 6) is 0.646. The van der Waals surface area contributed by atoms with E-state index in [1.165, 1.54) is 6.07 Å². The van der Waals surface area contributed by atoms with Crippen LogP contribution >= 0.6 is 12.2 Å². The van der Waals surface area contributed by atoms with Crippen LogP contribution in [0.1, 0.15) is 5.82 Å². The van der Waals surface area contributed by atoms with Gasteiger partial charge in [0, 0.05) is 6.07 Å². The summed E-state index contributed by atoms with van der Waals surface area (Å²) in [7, 11) is 0. The molecule has 0 radical (unpaired) electrons. The molecule has 1 heterocycles. The number of H-pyrrole nitrogens is 1. The van der Waals surface area contributed by atoms with Crippen LogP contribution < -0.4 is 0 Å². The molecule has 0 aliphatic carbocycles. The zero-order chi connectivity index (χ0) is 11.0. The molecule has 0 aliphatic rings. The summed E-state index contributed by atoms with van der Waals surface area (Å²) < 4.78 is 0.258. The van der Waals surface area contributed by atoms with Gasteiger partial charge >= 0.3 is 0 Å². The summed E-state index contributed by atoms with van der Waals surface area (Å²) in [4.78, 5) is 17.3. The molecule has 0 saturated heterocycles. The van der Waals surface area contributed by atoms with Gasteiger partial charge in [-0.3, -0.25) is 10.1 Å². The standard InChI is InChI=1S/C9H7N3O2S/c1-5-10-6-3-2-4-7(12(13)14)8(6)9(15)11-5/h2-4H,1H3,(H,10,11,15). The lowest BCUT2D eigenvalue weighted by Crippen LogP contribution is -1.95. The number of aromatic nitrogens is 2. The normalized spacial score (nSPS) is 10.5. The van der Waals surface area contributed by atoms with Crippen molar-refractivity contribution in [3.8, 4) is 0 Å². The van der Waals surface area contributed by atoms with E-state index in [2.05, 4.69) is 9.97 Å². The summed E-state index contributed by atoms with van der Waals surface area (Å²) in [5.41, 5.74) is 0.628. The molecule has 15 heavy (non-hydrogen) atoms. The van der Waals surface area contributed by atoms with Crippen LogP contribution in [0.25, 0.3) is 10.9 Å². The van der Waals surface area contributed by atoms with Gasteiger partial charge in [0.1, 0.15) is 15.9 Å². The highest BCUT2D eigenvalue weighted by Crippen LogP contribution is 2.24. The summed E-state index contributed by atoms with van der Waals surface area (Å²) in [6.07, 6.45) is 0. The average Bonchev–Trinajstić information content (AvgIpc) is 2.16. The van der Waals surface area contributed by atoms with Crippen molar-refractivity contribution in [1.82, 2.24) is 9.97 Å². The van der Waals surface area contributed by atoms with E-state index in [-0.39, 0.29) is 10.3 Å². The molecule has 5 nitrogen and oxygen atoms in total. The van der Waals surface area contributed by atoms with Crippen LogP contribution in [0.3, 0.4) is 0 Å². The number of hydrogen-bond donors (Lipinski definition) is 1. The third-order valence-electron chi connectivity index (χ3n) is 2.04. The Bertz CT molecular complexity index is 606. The van der Waals surface area contributed by atoms with Gasteiger partial charge in [-0.1, -0.05) is 18.3 Å². The largest absolute Gasteiger partial charge is 0.343 e. The fraction of sp³-hybridized carbons (Fsp3) is 0.111. The molecule has 1 N–H and O–H groups in total. The first-order chi connectivity index (χ1) is 7.09. The smallest absolute Gasteiger partial charge is 0.281 e. The zero-order valence-corrected chi connectivity index (χ0v) is 8.67. The molecular formula is C9H7N3O2S. The number of nitro benzene ring substituents is 1. The van der Waals surface area contributed by atoms with E-state index >= 15 is 0 Å². The topological polar surface area (TPSA) is 71.8 Å². The van der Waals surface area contributed by atoms with Crippen molar-refractivity contribution < 1.29 is 4.92 Å². The molecule has 0 fully saturated rings. The van der Waals surface area contributed by atoms with Crippen molar-refractivity contribution in [2.75, 3.05) is 0 Å². The molecule has 6 heteroatoms. The van der Waals surface area contributed by atoms with Crippen molar-refractivity contribution in [3.63, 3.8) is 0 Å².